The normalized spacial score (nSPS) is 19.0. The molecule has 3 heterocycles. The van der Waals surface area contributed by atoms with E-state index < -0.39 is 0 Å². The maximum absolute atomic E-state index is 11.2. The van der Waals surface area contributed by atoms with Gasteiger partial charge in [0.1, 0.15) is 17.6 Å². The predicted octanol–water partition coefficient (Wildman–Crippen LogP) is 4.13. The lowest BCUT2D eigenvalue weighted by Gasteiger charge is -2.47. The van der Waals surface area contributed by atoms with Gasteiger partial charge >= 0.3 is 0 Å². The van der Waals surface area contributed by atoms with Gasteiger partial charge in [0.05, 0.1) is 12.2 Å². The average Bonchev–Trinajstić information content (AvgIpc) is 2.83. The highest BCUT2D eigenvalue weighted by atomic mass is 35.5. The fraction of sp³-hybridized carbons (Fsp3) is 0.500. The fourth-order valence-corrected chi connectivity index (χ4v) is 5.64. The number of aromatic nitrogens is 2. The van der Waals surface area contributed by atoms with Crippen molar-refractivity contribution in [3.8, 4) is 6.07 Å². The van der Waals surface area contributed by atoms with Crippen molar-refractivity contribution in [2.24, 2.45) is 11.8 Å². The van der Waals surface area contributed by atoms with Gasteiger partial charge in [-0.25, -0.2) is 9.97 Å². The molecule has 4 rings (SSSR count). The van der Waals surface area contributed by atoms with Gasteiger partial charge in [-0.2, -0.15) is 5.26 Å². The number of carbonyl (C=O) groups excluding carboxylic acids is 1. The average molecular weight is 544 g/mol. The number of carbonyl (C=O) groups is 1. The summed E-state index contributed by atoms with van der Waals surface area (Å²) in [5.41, 5.74) is 0.790. The number of rotatable bonds is 9. The molecule has 2 aromatic rings. The van der Waals surface area contributed by atoms with Gasteiger partial charge in [0.15, 0.2) is 11.5 Å². The molecule has 0 spiro atoms. The highest BCUT2D eigenvalue weighted by molar-refractivity contribution is 6.35. The van der Waals surface area contributed by atoms with Crippen LogP contribution < -0.4 is 15.5 Å². The van der Waals surface area contributed by atoms with Gasteiger partial charge < -0.3 is 20.4 Å². The summed E-state index contributed by atoms with van der Waals surface area (Å²) in [6.07, 6.45) is 4.03. The summed E-state index contributed by atoms with van der Waals surface area (Å²) < 4.78 is 0. The Hall–Kier alpha value is -2.93. The number of hydrogen-bond donors (Lipinski definition) is 3. The summed E-state index contributed by atoms with van der Waals surface area (Å²) in [6, 6.07) is 6.92. The molecule has 0 bridgehead atoms. The highest BCUT2D eigenvalue weighted by Gasteiger charge is 2.36. The number of nitrogens with zero attached hydrogens (tertiary/aromatic N) is 5. The number of piperidine rings is 1. The van der Waals surface area contributed by atoms with Gasteiger partial charge in [-0.15, -0.1) is 0 Å². The van der Waals surface area contributed by atoms with E-state index in [2.05, 4.69) is 25.4 Å². The van der Waals surface area contributed by atoms with Crippen LogP contribution in [0.3, 0.4) is 0 Å². The fourth-order valence-electron chi connectivity index (χ4n) is 5.07. The Morgan fingerprint density at radius 2 is 2.08 bits per heavy atom. The first-order valence-electron chi connectivity index (χ1n) is 12.5. The number of likely N-dealkylation sites (tertiary alicyclic amines) is 1. The Bertz CT molecular complexity index is 1190. The first-order valence-corrected chi connectivity index (χ1v) is 13.3. The van der Waals surface area contributed by atoms with E-state index in [1.165, 1.54) is 12.8 Å². The molecular formula is C26H32Cl2N8O. The molecule has 2 atom stereocenters. The standard InChI is InChI=1S/C26H32Cl2N8O/c1-16(21-6-5-20(27)10-22(21)28)33-26-25(23(30)11-29)32-12-24(34-26)36-14-19(15-36)18-4-3-8-35(13-18)9-7-31-17(2)37/h5-6,10,12,16,18-19,30H,3-4,7-9,13-15H2,1-2H3,(H,31,37)(H,33,34). The van der Waals surface area contributed by atoms with E-state index in [-0.39, 0.29) is 23.4 Å². The summed E-state index contributed by atoms with van der Waals surface area (Å²) in [7, 11) is 0. The van der Waals surface area contributed by atoms with Crippen LogP contribution in [0.5, 0.6) is 0 Å². The smallest absolute Gasteiger partial charge is 0.216 e. The van der Waals surface area contributed by atoms with Gasteiger partial charge in [0.2, 0.25) is 5.91 Å². The van der Waals surface area contributed by atoms with Crippen molar-refractivity contribution in [2.75, 3.05) is 49.5 Å². The Kier molecular flexibility index (Phi) is 8.85. The Morgan fingerprint density at radius 1 is 1.30 bits per heavy atom. The Morgan fingerprint density at radius 3 is 2.78 bits per heavy atom. The summed E-state index contributed by atoms with van der Waals surface area (Å²) in [5, 5.41) is 24.6. The maximum Gasteiger partial charge on any atom is 0.216 e. The number of nitrogens with one attached hydrogen (secondary N) is 3. The molecular weight excluding hydrogens is 511 g/mol. The van der Waals surface area contributed by atoms with Crippen LogP contribution in [0.1, 0.15) is 44.0 Å². The molecule has 196 valence electrons. The molecule has 2 saturated heterocycles. The molecule has 0 saturated carbocycles. The molecule has 1 amide bonds. The van der Waals surface area contributed by atoms with Crippen molar-refractivity contribution < 1.29 is 4.79 Å². The molecule has 9 nitrogen and oxygen atoms in total. The minimum Gasteiger partial charge on any atom is -0.362 e. The summed E-state index contributed by atoms with van der Waals surface area (Å²) in [6.45, 7) is 8.98. The van der Waals surface area contributed by atoms with E-state index in [0.29, 0.717) is 34.2 Å². The second-order valence-electron chi connectivity index (χ2n) is 9.80. The van der Waals surface area contributed by atoms with Crippen LogP contribution in [-0.4, -0.2) is 65.8 Å². The Labute approximate surface area is 227 Å². The maximum atomic E-state index is 11.2. The lowest BCUT2D eigenvalue weighted by atomic mass is 9.80. The zero-order valence-electron chi connectivity index (χ0n) is 21.1. The third-order valence-electron chi connectivity index (χ3n) is 7.14. The lowest BCUT2D eigenvalue weighted by molar-refractivity contribution is -0.119. The minimum absolute atomic E-state index is 0.0137. The highest BCUT2D eigenvalue weighted by Crippen LogP contribution is 2.34. The lowest BCUT2D eigenvalue weighted by Crippen LogP contribution is -2.54. The summed E-state index contributed by atoms with van der Waals surface area (Å²) in [5.74, 6) is 2.31. The van der Waals surface area contributed by atoms with Crippen molar-refractivity contribution in [3.63, 3.8) is 0 Å². The van der Waals surface area contributed by atoms with Gasteiger partial charge in [-0.1, -0.05) is 29.3 Å². The molecule has 11 heteroatoms. The van der Waals surface area contributed by atoms with Crippen LogP contribution in [0.2, 0.25) is 10.0 Å². The third kappa shape index (κ3) is 6.69. The van der Waals surface area contributed by atoms with Crippen molar-refractivity contribution in [1.29, 1.82) is 10.7 Å². The van der Waals surface area contributed by atoms with Gasteiger partial charge in [-0.05, 0) is 55.8 Å². The van der Waals surface area contributed by atoms with Crippen LogP contribution in [-0.2, 0) is 4.79 Å². The number of benzene rings is 1. The van der Waals surface area contributed by atoms with Gasteiger partial charge in [0, 0.05) is 49.7 Å². The number of hydrogen-bond acceptors (Lipinski definition) is 8. The van der Waals surface area contributed by atoms with Crippen LogP contribution >= 0.6 is 23.2 Å². The number of amides is 1. The molecule has 2 fully saturated rings. The molecule has 0 aliphatic carbocycles. The first-order chi connectivity index (χ1) is 17.7. The zero-order chi connectivity index (χ0) is 26.5. The zero-order valence-corrected chi connectivity index (χ0v) is 22.6. The molecule has 1 aromatic heterocycles. The summed E-state index contributed by atoms with van der Waals surface area (Å²) in [4.78, 5) is 25.0. The van der Waals surface area contributed by atoms with Crippen LogP contribution in [0, 0.1) is 28.6 Å². The van der Waals surface area contributed by atoms with Gasteiger partial charge in [-0.3, -0.25) is 10.2 Å². The van der Waals surface area contributed by atoms with E-state index in [1.807, 2.05) is 19.1 Å². The Balaban J connectivity index is 1.42. The monoisotopic (exact) mass is 542 g/mol. The van der Waals surface area contributed by atoms with Crippen molar-refractivity contribution >= 4 is 46.5 Å². The van der Waals surface area contributed by atoms with Crippen molar-refractivity contribution in [1.82, 2.24) is 20.2 Å². The van der Waals surface area contributed by atoms with Crippen LogP contribution in [0.4, 0.5) is 11.6 Å². The molecule has 3 N–H and O–H groups in total. The van der Waals surface area contributed by atoms with E-state index in [0.717, 1.165) is 44.1 Å². The molecule has 37 heavy (non-hydrogen) atoms. The topological polar surface area (TPSA) is 121 Å². The van der Waals surface area contributed by atoms with Crippen LogP contribution in [0.15, 0.2) is 24.4 Å². The largest absolute Gasteiger partial charge is 0.362 e. The van der Waals surface area contributed by atoms with Crippen LogP contribution in [0.25, 0.3) is 0 Å². The van der Waals surface area contributed by atoms with Gasteiger partial charge in [0.25, 0.3) is 0 Å². The third-order valence-corrected chi connectivity index (χ3v) is 7.70. The number of halogens is 2. The minimum atomic E-state index is -0.251. The molecule has 1 aromatic carbocycles. The van der Waals surface area contributed by atoms with E-state index >= 15 is 0 Å². The molecule has 2 aliphatic rings. The quantitative estimate of drug-likeness (QED) is 0.407. The molecule has 2 unspecified atom stereocenters. The summed E-state index contributed by atoms with van der Waals surface area (Å²) >= 11 is 12.4. The van der Waals surface area contributed by atoms with E-state index in [1.54, 1.807) is 25.3 Å². The molecule has 2 aliphatic heterocycles. The van der Waals surface area contributed by atoms with E-state index in [9.17, 15) is 10.1 Å². The first kappa shape index (κ1) is 27.1. The number of anilines is 2. The van der Waals surface area contributed by atoms with Crippen molar-refractivity contribution in [2.45, 2.75) is 32.7 Å². The predicted molar refractivity (Wildman–Crippen MR) is 147 cm³/mol. The van der Waals surface area contributed by atoms with E-state index in [4.69, 9.17) is 33.6 Å². The SMILES string of the molecule is CC(=O)NCCN1CCCC(C2CN(c3cnc(C(=N)C#N)c(NC(C)c4ccc(Cl)cc4Cl)n3)C2)C1. The second-order valence-corrected chi connectivity index (χ2v) is 10.6. The second kappa shape index (κ2) is 12.1. The molecule has 0 radical (unpaired) electrons. The van der Waals surface area contributed by atoms with Crippen molar-refractivity contribution in [3.05, 3.63) is 45.7 Å². The number of nitriles is 1.